The average Bonchev–Trinajstić information content (AvgIpc) is 2.82. The Bertz CT molecular complexity index is 977. The Morgan fingerprint density at radius 2 is 0.688 bits per heavy atom. The van der Waals surface area contributed by atoms with Crippen LogP contribution in [0.5, 0.6) is 23.0 Å². The number of aromatic hydroxyl groups is 2. The van der Waals surface area contributed by atoms with Gasteiger partial charge < -0.3 is 19.7 Å². The number of ether oxygens (including phenoxy) is 2. The Morgan fingerprint density at radius 1 is 0.438 bits per heavy atom. The lowest BCUT2D eigenvalue weighted by Gasteiger charge is -2.05. The molecule has 4 rings (SSSR count). The van der Waals surface area contributed by atoms with Gasteiger partial charge in [-0.2, -0.15) is 0 Å². The first-order chi connectivity index (χ1) is 15.6. The van der Waals surface area contributed by atoms with E-state index < -0.39 is 0 Å². The monoisotopic (exact) mass is 428 g/mol. The van der Waals surface area contributed by atoms with E-state index in [-0.39, 0.29) is 11.5 Å². The van der Waals surface area contributed by atoms with Crippen molar-refractivity contribution >= 4 is 0 Å². The molecule has 4 heteroatoms. The quantitative estimate of drug-likeness (QED) is 0.350. The topological polar surface area (TPSA) is 58.9 Å². The predicted octanol–water partition coefficient (Wildman–Crippen LogP) is 6.92. The van der Waals surface area contributed by atoms with Crippen LogP contribution in [0.3, 0.4) is 0 Å². The van der Waals surface area contributed by atoms with Gasteiger partial charge >= 0.3 is 0 Å². The molecule has 0 aromatic heterocycles. The molecule has 0 radical (unpaired) electrons. The number of phenolic OH excluding ortho intramolecular Hbond substituents is 2. The second kappa shape index (κ2) is 11.5. The standard InChI is InChI=1S/2C14H14O2/c2*1-2-16-14-9-5-12(6-10-14)11-3-7-13(15)8-4-11/h2*3-10,15H,2H2,1H3. The van der Waals surface area contributed by atoms with Crippen molar-refractivity contribution in [3.8, 4) is 45.3 Å². The van der Waals surface area contributed by atoms with Gasteiger partial charge in [-0.3, -0.25) is 0 Å². The summed E-state index contributed by atoms with van der Waals surface area (Å²) in [5, 5.41) is 18.4. The number of hydrogen-bond donors (Lipinski definition) is 2. The summed E-state index contributed by atoms with van der Waals surface area (Å²) in [4.78, 5) is 0. The fraction of sp³-hybridized carbons (Fsp3) is 0.143. The lowest BCUT2D eigenvalue weighted by Crippen LogP contribution is -1.90. The molecular formula is C28H28O4. The van der Waals surface area contributed by atoms with E-state index in [4.69, 9.17) is 9.47 Å². The first-order valence-corrected chi connectivity index (χ1v) is 10.6. The molecule has 0 aliphatic heterocycles. The Balaban J connectivity index is 0.000000181. The highest BCUT2D eigenvalue weighted by atomic mass is 16.5. The van der Waals surface area contributed by atoms with Crippen LogP contribution in [0.4, 0.5) is 0 Å². The predicted molar refractivity (Wildman–Crippen MR) is 129 cm³/mol. The van der Waals surface area contributed by atoms with E-state index in [1.165, 1.54) is 0 Å². The first-order valence-electron chi connectivity index (χ1n) is 10.6. The molecule has 164 valence electrons. The summed E-state index contributed by atoms with van der Waals surface area (Å²) in [6.45, 7) is 5.29. The van der Waals surface area contributed by atoms with Crippen molar-refractivity contribution < 1.29 is 19.7 Å². The minimum absolute atomic E-state index is 0.287. The molecule has 4 aromatic rings. The highest BCUT2D eigenvalue weighted by molar-refractivity contribution is 5.65. The molecule has 0 aliphatic carbocycles. The van der Waals surface area contributed by atoms with Crippen molar-refractivity contribution in [1.82, 2.24) is 0 Å². The second-order valence-electron chi connectivity index (χ2n) is 7.01. The summed E-state index contributed by atoms with van der Waals surface area (Å²) in [7, 11) is 0. The van der Waals surface area contributed by atoms with Crippen LogP contribution in [0.15, 0.2) is 97.1 Å². The van der Waals surface area contributed by atoms with E-state index in [9.17, 15) is 10.2 Å². The van der Waals surface area contributed by atoms with E-state index >= 15 is 0 Å². The van der Waals surface area contributed by atoms with Gasteiger partial charge in [-0.05, 0) is 84.6 Å². The zero-order valence-corrected chi connectivity index (χ0v) is 18.4. The largest absolute Gasteiger partial charge is 0.508 e. The number of hydrogen-bond acceptors (Lipinski definition) is 4. The third kappa shape index (κ3) is 6.54. The Morgan fingerprint density at radius 3 is 0.938 bits per heavy atom. The normalized spacial score (nSPS) is 10.1. The van der Waals surface area contributed by atoms with Crippen LogP contribution >= 0.6 is 0 Å². The molecule has 0 saturated heterocycles. The minimum atomic E-state index is 0.287. The second-order valence-corrected chi connectivity index (χ2v) is 7.01. The summed E-state index contributed by atoms with van der Waals surface area (Å²) < 4.78 is 10.8. The van der Waals surface area contributed by atoms with Crippen LogP contribution in [0.2, 0.25) is 0 Å². The van der Waals surface area contributed by atoms with Crippen LogP contribution < -0.4 is 9.47 Å². The van der Waals surface area contributed by atoms with Crippen LogP contribution in [-0.4, -0.2) is 23.4 Å². The van der Waals surface area contributed by atoms with Crippen molar-refractivity contribution in [2.24, 2.45) is 0 Å². The third-order valence-electron chi connectivity index (χ3n) is 4.73. The van der Waals surface area contributed by atoms with E-state index in [1.807, 2.05) is 86.6 Å². The summed E-state index contributed by atoms with van der Waals surface area (Å²) in [6.07, 6.45) is 0. The minimum Gasteiger partial charge on any atom is -0.508 e. The molecular weight excluding hydrogens is 400 g/mol. The molecule has 0 unspecified atom stereocenters. The van der Waals surface area contributed by atoms with Crippen LogP contribution in [0.1, 0.15) is 13.8 Å². The third-order valence-corrected chi connectivity index (χ3v) is 4.73. The molecule has 2 N–H and O–H groups in total. The maximum Gasteiger partial charge on any atom is 0.119 e. The molecule has 0 atom stereocenters. The zero-order valence-electron chi connectivity index (χ0n) is 18.4. The SMILES string of the molecule is CCOc1ccc(-c2ccc(O)cc2)cc1.CCOc1ccc(-c2ccc(O)cc2)cc1. The molecule has 0 bridgehead atoms. The van der Waals surface area contributed by atoms with Gasteiger partial charge in [-0.25, -0.2) is 0 Å². The summed E-state index contributed by atoms with van der Waals surface area (Å²) in [6, 6.07) is 30.2. The van der Waals surface area contributed by atoms with Crippen molar-refractivity contribution in [1.29, 1.82) is 0 Å². The molecule has 0 spiro atoms. The molecule has 0 fully saturated rings. The van der Waals surface area contributed by atoms with Gasteiger partial charge in [0.15, 0.2) is 0 Å². The number of benzene rings is 4. The highest BCUT2D eigenvalue weighted by Gasteiger charge is 1.99. The zero-order chi connectivity index (χ0) is 22.8. The molecule has 0 aliphatic rings. The first kappa shape index (κ1) is 22.8. The maximum atomic E-state index is 9.20. The van der Waals surface area contributed by atoms with E-state index in [1.54, 1.807) is 24.3 Å². The number of rotatable bonds is 6. The Kier molecular flexibility index (Phi) is 8.15. The molecule has 4 aromatic carbocycles. The lowest BCUT2D eigenvalue weighted by atomic mass is 10.1. The van der Waals surface area contributed by atoms with Crippen molar-refractivity contribution in [3.05, 3.63) is 97.1 Å². The van der Waals surface area contributed by atoms with Gasteiger partial charge in [0.2, 0.25) is 0 Å². The van der Waals surface area contributed by atoms with Gasteiger partial charge in [0.25, 0.3) is 0 Å². The Labute approximate surface area is 189 Å². The molecule has 0 heterocycles. The van der Waals surface area contributed by atoms with Crippen LogP contribution in [0, 0.1) is 0 Å². The van der Waals surface area contributed by atoms with Crippen LogP contribution in [-0.2, 0) is 0 Å². The Hall–Kier alpha value is -3.92. The maximum absolute atomic E-state index is 9.20. The average molecular weight is 429 g/mol. The fourth-order valence-electron chi connectivity index (χ4n) is 3.13. The number of phenols is 2. The van der Waals surface area contributed by atoms with Crippen LogP contribution in [0.25, 0.3) is 22.3 Å². The molecule has 4 nitrogen and oxygen atoms in total. The molecule has 32 heavy (non-hydrogen) atoms. The van der Waals surface area contributed by atoms with Gasteiger partial charge in [0, 0.05) is 0 Å². The van der Waals surface area contributed by atoms with Crippen molar-refractivity contribution in [3.63, 3.8) is 0 Å². The lowest BCUT2D eigenvalue weighted by molar-refractivity contribution is 0.340. The summed E-state index contributed by atoms with van der Waals surface area (Å²) >= 11 is 0. The van der Waals surface area contributed by atoms with Crippen molar-refractivity contribution in [2.45, 2.75) is 13.8 Å². The fourth-order valence-corrected chi connectivity index (χ4v) is 3.13. The van der Waals surface area contributed by atoms with E-state index in [2.05, 4.69) is 0 Å². The van der Waals surface area contributed by atoms with E-state index in [0.29, 0.717) is 13.2 Å². The van der Waals surface area contributed by atoms with Gasteiger partial charge in [0.1, 0.15) is 23.0 Å². The van der Waals surface area contributed by atoms with Gasteiger partial charge in [0.05, 0.1) is 13.2 Å². The highest BCUT2D eigenvalue weighted by Crippen LogP contribution is 2.25. The molecule has 0 amide bonds. The van der Waals surface area contributed by atoms with Crippen molar-refractivity contribution in [2.75, 3.05) is 13.2 Å². The van der Waals surface area contributed by atoms with Gasteiger partial charge in [-0.1, -0.05) is 48.5 Å². The summed E-state index contributed by atoms with van der Waals surface area (Å²) in [5.74, 6) is 2.33. The smallest absolute Gasteiger partial charge is 0.119 e. The molecule has 0 saturated carbocycles. The van der Waals surface area contributed by atoms with Gasteiger partial charge in [-0.15, -0.1) is 0 Å². The van der Waals surface area contributed by atoms with E-state index in [0.717, 1.165) is 33.8 Å². The summed E-state index contributed by atoms with van der Waals surface area (Å²) in [5.41, 5.74) is 4.40.